The van der Waals surface area contributed by atoms with Crippen molar-refractivity contribution in [2.75, 3.05) is 9.80 Å². The van der Waals surface area contributed by atoms with E-state index < -0.39 is 0 Å². The summed E-state index contributed by atoms with van der Waals surface area (Å²) in [4.78, 5) is 4.54. The summed E-state index contributed by atoms with van der Waals surface area (Å²) in [5.41, 5.74) is 11.4. The van der Waals surface area contributed by atoms with Gasteiger partial charge >= 0.3 is 0 Å². The molecule has 0 saturated carbocycles. The zero-order chi connectivity index (χ0) is 28.6. The van der Waals surface area contributed by atoms with Gasteiger partial charge in [0.15, 0.2) is 0 Å². The number of allylic oxidation sites excluding steroid dienone is 4. The lowest BCUT2D eigenvalue weighted by atomic mass is 10.0. The van der Waals surface area contributed by atoms with E-state index in [1.54, 1.807) is 0 Å². The van der Waals surface area contributed by atoms with Crippen LogP contribution in [0.15, 0.2) is 164 Å². The van der Waals surface area contributed by atoms with Crippen molar-refractivity contribution in [1.29, 1.82) is 0 Å². The number of anilines is 5. The van der Waals surface area contributed by atoms with Crippen LogP contribution in [-0.2, 0) is 0 Å². The first-order valence-corrected chi connectivity index (χ1v) is 14.0. The molecule has 5 aromatic rings. The van der Waals surface area contributed by atoms with Crippen LogP contribution in [0.1, 0.15) is 18.1 Å². The highest BCUT2D eigenvalue weighted by Gasteiger charge is 2.15. The first-order valence-electron chi connectivity index (χ1n) is 14.0. The average Bonchev–Trinajstić information content (AvgIpc) is 3.00. The monoisotopic (exact) mass is 532 g/mol. The summed E-state index contributed by atoms with van der Waals surface area (Å²) < 4.78 is 0. The van der Waals surface area contributed by atoms with Gasteiger partial charge in [-0.25, -0.2) is 0 Å². The van der Waals surface area contributed by atoms with Gasteiger partial charge in [-0.1, -0.05) is 85.5 Å². The van der Waals surface area contributed by atoms with E-state index in [1.807, 2.05) is 25.2 Å². The topological polar surface area (TPSA) is 6.48 Å². The number of rotatable bonds is 9. The molecule has 0 aliphatic heterocycles. The van der Waals surface area contributed by atoms with Crippen molar-refractivity contribution in [3.8, 4) is 11.1 Å². The van der Waals surface area contributed by atoms with Crippen LogP contribution < -0.4 is 9.80 Å². The van der Waals surface area contributed by atoms with E-state index in [0.717, 1.165) is 34.1 Å². The molecule has 0 aliphatic carbocycles. The van der Waals surface area contributed by atoms with Gasteiger partial charge in [0.05, 0.1) is 0 Å². The zero-order valence-corrected chi connectivity index (χ0v) is 24.0. The molecule has 41 heavy (non-hydrogen) atoms. The number of aryl methyl sites for hydroxylation is 2. The van der Waals surface area contributed by atoms with Crippen molar-refractivity contribution < 1.29 is 0 Å². The van der Waals surface area contributed by atoms with E-state index in [2.05, 4.69) is 164 Å². The van der Waals surface area contributed by atoms with Crippen LogP contribution in [0.25, 0.3) is 11.1 Å². The maximum atomic E-state index is 4.10. The smallest absolute Gasteiger partial charge is 0.0464 e. The van der Waals surface area contributed by atoms with Gasteiger partial charge in [-0.2, -0.15) is 0 Å². The molecular formula is C39H36N2. The third-order valence-corrected chi connectivity index (χ3v) is 7.05. The summed E-state index contributed by atoms with van der Waals surface area (Å²) in [6, 6.07) is 45.3. The third kappa shape index (κ3) is 6.40. The van der Waals surface area contributed by atoms with Crippen molar-refractivity contribution in [2.45, 2.75) is 20.8 Å². The fraction of sp³-hybridized carbons (Fsp3) is 0.0769. The Labute approximate surface area is 244 Å². The summed E-state index contributed by atoms with van der Waals surface area (Å²) in [6.45, 7) is 10.4. The summed E-state index contributed by atoms with van der Waals surface area (Å²) in [5.74, 6) is 0. The molecule has 0 heterocycles. The van der Waals surface area contributed by atoms with Crippen LogP contribution in [0.5, 0.6) is 0 Å². The Morgan fingerprint density at radius 1 is 0.561 bits per heavy atom. The van der Waals surface area contributed by atoms with E-state index in [0.29, 0.717) is 0 Å². The van der Waals surface area contributed by atoms with Crippen molar-refractivity contribution in [3.05, 3.63) is 175 Å². The van der Waals surface area contributed by atoms with Crippen LogP contribution in [-0.4, -0.2) is 0 Å². The molecule has 0 unspecified atom stereocenters. The van der Waals surface area contributed by atoms with Gasteiger partial charge in [0, 0.05) is 34.1 Å². The SMILES string of the molecule is C=C/C(=C\C=C/C)N(c1ccc(-c2ccc(N(c3ccccc3)c3cccc(C)c3)cc2)cc1)c1cccc(C)c1. The Bertz CT molecular complexity index is 1660. The predicted octanol–water partition coefficient (Wildman–Crippen LogP) is 11.2. The fourth-order valence-electron chi connectivity index (χ4n) is 5.04. The first kappa shape index (κ1) is 27.5. The molecule has 0 amide bonds. The molecule has 0 N–H and O–H groups in total. The molecule has 0 atom stereocenters. The highest BCUT2D eigenvalue weighted by Crippen LogP contribution is 2.37. The molecule has 0 spiro atoms. The van der Waals surface area contributed by atoms with Crippen LogP contribution in [0.3, 0.4) is 0 Å². The standard InChI is InChI=1S/C39H36N2/c1-5-7-15-34(6-2)40(38-18-11-13-30(3)28-38)36-24-20-32(21-25-36)33-22-26-37(27-23-33)41(35-16-9-8-10-17-35)39-19-12-14-31(4)29-39/h5-29H,2H2,1,3-4H3/b7-5-,34-15+. The Balaban J connectivity index is 1.48. The lowest BCUT2D eigenvalue weighted by Gasteiger charge is -2.27. The number of hydrogen-bond donors (Lipinski definition) is 0. The number of nitrogens with zero attached hydrogens (tertiary/aromatic N) is 2. The van der Waals surface area contributed by atoms with Gasteiger partial charge in [-0.05, 0) is 116 Å². The molecule has 5 rings (SSSR count). The molecule has 2 heteroatoms. The van der Waals surface area contributed by atoms with Crippen molar-refractivity contribution in [1.82, 2.24) is 0 Å². The van der Waals surface area contributed by atoms with Gasteiger partial charge in [0.2, 0.25) is 0 Å². The molecule has 202 valence electrons. The zero-order valence-electron chi connectivity index (χ0n) is 24.0. The minimum absolute atomic E-state index is 1.02. The van der Waals surface area contributed by atoms with Gasteiger partial charge in [-0.15, -0.1) is 0 Å². The Hall–Kier alpha value is -5.08. The summed E-state index contributed by atoms with van der Waals surface area (Å²) in [6.07, 6.45) is 8.07. The van der Waals surface area contributed by atoms with E-state index in [4.69, 9.17) is 0 Å². The van der Waals surface area contributed by atoms with Crippen LogP contribution in [0.2, 0.25) is 0 Å². The normalized spacial score (nSPS) is 11.4. The lowest BCUT2D eigenvalue weighted by Crippen LogP contribution is -2.15. The fourth-order valence-corrected chi connectivity index (χ4v) is 5.04. The van der Waals surface area contributed by atoms with E-state index in [9.17, 15) is 0 Å². The first-order chi connectivity index (χ1) is 20.1. The molecule has 2 nitrogen and oxygen atoms in total. The summed E-state index contributed by atoms with van der Waals surface area (Å²) in [7, 11) is 0. The number of benzene rings is 5. The number of hydrogen-bond acceptors (Lipinski definition) is 2. The van der Waals surface area contributed by atoms with Crippen molar-refractivity contribution in [3.63, 3.8) is 0 Å². The van der Waals surface area contributed by atoms with E-state index >= 15 is 0 Å². The summed E-state index contributed by atoms with van der Waals surface area (Å²) >= 11 is 0. The minimum atomic E-state index is 1.02. The van der Waals surface area contributed by atoms with Crippen molar-refractivity contribution in [2.24, 2.45) is 0 Å². The molecule has 0 bridgehead atoms. The second-order valence-electron chi connectivity index (χ2n) is 10.1. The van der Waals surface area contributed by atoms with Gasteiger partial charge in [0.1, 0.15) is 0 Å². The Morgan fingerprint density at radius 2 is 1.07 bits per heavy atom. The third-order valence-electron chi connectivity index (χ3n) is 7.05. The highest BCUT2D eigenvalue weighted by atomic mass is 15.1. The van der Waals surface area contributed by atoms with E-state index in [1.165, 1.54) is 22.3 Å². The van der Waals surface area contributed by atoms with Gasteiger partial charge in [-0.3, -0.25) is 0 Å². The van der Waals surface area contributed by atoms with Crippen LogP contribution >= 0.6 is 0 Å². The summed E-state index contributed by atoms with van der Waals surface area (Å²) in [5, 5.41) is 0. The Morgan fingerprint density at radius 3 is 1.63 bits per heavy atom. The van der Waals surface area contributed by atoms with Gasteiger partial charge in [0.25, 0.3) is 0 Å². The number of para-hydroxylation sites is 1. The molecule has 0 aromatic heterocycles. The lowest BCUT2D eigenvalue weighted by molar-refractivity contribution is 1.20. The molecular weight excluding hydrogens is 496 g/mol. The largest absolute Gasteiger partial charge is 0.311 e. The predicted molar refractivity (Wildman–Crippen MR) is 178 cm³/mol. The molecule has 0 aliphatic rings. The Kier molecular flexibility index (Phi) is 8.61. The molecule has 0 saturated heterocycles. The van der Waals surface area contributed by atoms with Crippen molar-refractivity contribution >= 4 is 28.4 Å². The maximum absolute atomic E-state index is 4.10. The molecule has 5 aromatic carbocycles. The quantitative estimate of drug-likeness (QED) is 0.174. The average molecular weight is 533 g/mol. The van der Waals surface area contributed by atoms with E-state index in [-0.39, 0.29) is 0 Å². The minimum Gasteiger partial charge on any atom is -0.311 e. The van der Waals surface area contributed by atoms with Gasteiger partial charge < -0.3 is 9.80 Å². The molecule has 0 radical (unpaired) electrons. The van der Waals surface area contributed by atoms with Crippen LogP contribution in [0, 0.1) is 13.8 Å². The van der Waals surface area contributed by atoms with Crippen LogP contribution in [0.4, 0.5) is 28.4 Å². The second-order valence-corrected chi connectivity index (χ2v) is 10.1. The maximum Gasteiger partial charge on any atom is 0.0464 e. The second kappa shape index (κ2) is 12.8. The molecule has 0 fully saturated rings. The highest BCUT2D eigenvalue weighted by molar-refractivity contribution is 5.79.